The van der Waals surface area contributed by atoms with Crippen LogP contribution in [0.25, 0.3) is 10.2 Å². The summed E-state index contributed by atoms with van der Waals surface area (Å²) in [4.78, 5) is 4.50. The second kappa shape index (κ2) is 4.34. The van der Waals surface area contributed by atoms with Gasteiger partial charge in [-0.3, -0.25) is 0 Å². The van der Waals surface area contributed by atoms with Crippen LogP contribution in [0.2, 0.25) is 0 Å². The highest BCUT2D eigenvalue weighted by atomic mass is 32.1. The summed E-state index contributed by atoms with van der Waals surface area (Å²) < 4.78 is 1.35. The summed E-state index contributed by atoms with van der Waals surface area (Å²) in [7, 11) is 0. The molecule has 0 aliphatic rings. The van der Waals surface area contributed by atoms with E-state index in [1.807, 2.05) is 5.51 Å². The van der Waals surface area contributed by atoms with Crippen LogP contribution in [-0.2, 0) is 11.8 Å². The quantitative estimate of drug-likeness (QED) is 0.689. The third kappa shape index (κ3) is 2.92. The second-order valence-electron chi connectivity index (χ2n) is 7.33. The van der Waals surface area contributed by atoms with E-state index in [9.17, 15) is 0 Å². The molecule has 2 heteroatoms. The molecule has 0 unspecified atom stereocenters. The molecule has 0 saturated heterocycles. The number of thiazole rings is 1. The summed E-state index contributed by atoms with van der Waals surface area (Å²) in [5, 5.41) is 0. The van der Waals surface area contributed by atoms with Crippen molar-refractivity contribution in [2.24, 2.45) is 5.41 Å². The van der Waals surface area contributed by atoms with Crippen molar-refractivity contribution >= 4 is 21.6 Å². The lowest BCUT2D eigenvalue weighted by Crippen LogP contribution is -2.14. The van der Waals surface area contributed by atoms with Crippen molar-refractivity contribution < 1.29 is 0 Å². The standard InChI is InChI=1S/C16H23NS/c1-15(2,3)9-11-7-12(16(4,5)6)14-13(8-11)17-10-18-14/h7-8,10H,9H2,1-6H3. The van der Waals surface area contributed by atoms with Crippen LogP contribution in [0, 0.1) is 5.41 Å². The molecular formula is C16H23NS. The van der Waals surface area contributed by atoms with Gasteiger partial charge in [-0.05, 0) is 34.4 Å². The Balaban J connectivity index is 2.58. The van der Waals surface area contributed by atoms with Gasteiger partial charge in [-0.25, -0.2) is 4.98 Å². The van der Waals surface area contributed by atoms with Crippen molar-refractivity contribution in [1.82, 2.24) is 4.98 Å². The molecule has 2 rings (SSSR count). The molecule has 18 heavy (non-hydrogen) atoms. The number of nitrogens with zero attached hydrogens (tertiary/aromatic N) is 1. The van der Waals surface area contributed by atoms with Gasteiger partial charge in [0.05, 0.1) is 15.7 Å². The van der Waals surface area contributed by atoms with E-state index >= 15 is 0 Å². The normalized spacial score (nSPS) is 13.2. The Labute approximate surface area is 114 Å². The number of fused-ring (bicyclic) bond motifs is 1. The van der Waals surface area contributed by atoms with Crippen molar-refractivity contribution in [2.45, 2.75) is 53.4 Å². The van der Waals surface area contributed by atoms with Crippen LogP contribution in [0.1, 0.15) is 52.7 Å². The maximum atomic E-state index is 4.50. The topological polar surface area (TPSA) is 12.9 Å². The Kier molecular flexibility index (Phi) is 3.26. The van der Waals surface area contributed by atoms with E-state index in [2.05, 4.69) is 58.7 Å². The molecule has 0 spiro atoms. The van der Waals surface area contributed by atoms with Gasteiger partial charge >= 0.3 is 0 Å². The van der Waals surface area contributed by atoms with E-state index in [-0.39, 0.29) is 5.41 Å². The summed E-state index contributed by atoms with van der Waals surface area (Å²) >= 11 is 1.76. The van der Waals surface area contributed by atoms with Gasteiger partial charge in [0.1, 0.15) is 0 Å². The number of aromatic nitrogens is 1. The molecule has 1 heterocycles. The third-order valence-electron chi connectivity index (χ3n) is 3.03. The van der Waals surface area contributed by atoms with E-state index in [4.69, 9.17) is 0 Å². The smallest absolute Gasteiger partial charge is 0.0817 e. The molecule has 0 N–H and O–H groups in total. The van der Waals surface area contributed by atoms with Gasteiger partial charge in [0.2, 0.25) is 0 Å². The van der Waals surface area contributed by atoms with Crippen LogP contribution < -0.4 is 0 Å². The summed E-state index contributed by atoms with van der Waals surface area (Å²) in [6.45, 7) is 13.7. The number of rotatable bonds is 1. The summed E-state index contributed by atoms with van der Waals surface area (Å²) in [5.74, 6) is 0. The maximum Gasteiger partial charge on any atom is 0.0817 e. The predicted molar refractivity (Wildman–Crippen MR) is 81.5 cm³/mol. The molecule has 0 aliphatic heterocycles. The first-order chi connectivity index (χ1) is 8.17. The lowest BCUT2D eigenvalue weighted by atomic mass is 9.82. The van der Waals surface area contributed by atoms with Crippen LogP contribution >= 0.6 is 11.3 Å². The van der Waals surface area contributed by atoms with Crippen LogP contribution in [0.5, 0.6) is 0 Å². The first kappa shape index (κ1) is 13.5. The molecule has 0 bridgehead atoms. The molecule has 1 aromatic heterocycles. The monoisotopic (exact) mass is 261 g/mol. The Bertz CT molecular complexity index is 552. The zero-order valence-corrected chi connectivity index (χ0v) is 13.1. The molecule has 0 atom stereocenters. The van der Waals surface area contributed by atoms with Gasteiger partial charge < -0.3 is 0 Å². The van der Waals surface area contributed by atoms with Gasteiger partial charge in [-0.2, -0.15) is 0 Å². The van der Waals surface area contributed by atoms with E-state index < -0.39 is 0 Å². The molecule has 1 aromatic carbocycles. The maximum absolute atomic E-state index is 4.50. The summed E-state index contributed by atoms with van der Waals surface area (Å²) in [5.41, 5.74) is 6.46. The van der Waals surface area contributed by atoms with Crippen LogP contribution in [-0.4, -0.2) is 4.98 Å². The van der Waals surface area contributed by atoms with Gasteiger partial charge in [0.15, 0.2) is 0 Å². The highest BCUT2D eigenvalue weighted by molar-refractivity contribution is 7.17. The van der Waals surface area contributed by atoms with E-state index in [0.29, 0.717) is 5.41 Å². The first-order valence-corrected chi connectivity index (χ1v) is 7.41. The molecule has 0 fully saturated rings. The highest BCUT2D eigenvalue weighted by Gasteiger charge is 2.20. The van der Waals surface area contributed by atoms with Crippen molar-refractivity contribution in [3.05, 3.63) is 28.8 Å². The fourth-order valence-corrected chi connectivity index (χ4v) is 3.29. The molecule has 0 amide bonds. The van der Waals surface area contributed by atoms with Gasteiger partial charge in [0.25, 0.3) is 0 Å². The zero-order valence-electron chi connectivity index (χ0n) is 12.3. The lowest BCUT2D eigenvalue weighted by Gasteiger charge is -2.23. The Morgan fingerprint density at radius 3 is 2.28 bits per heavy atom. The second-order valence-corrected chi connectivity index (χ2v) is 8.19. The van der Waals surface area contributed by atoms with E-state index in [0.717, 1.165) is 11.9 Å². The zero-order chi connectivity index (χ0) is 13.6. The van der Waals surface area contributed by atoms with E-state index in [1.165, 1.54) is 15.8 Å². The van der Waals surface area contributed by atoms with Gasteiger partial charge in [-0.1, -0.05) is 47.6 Å². The predicted octanol–water partition coefficient (Wildman–Crippen LogP) is 5.18. The van der Waals surface area contributed by atoms with Gasteiger partial charge in [0, 0.05) is 0 Å². The van der Waals surface area contributed by atoms with Crippen LogP contribution in [0.15, 0.2) is 17.6 Å². The largest absolute Gasteiger partial charge is 0.245 e. The summed E-state index contributed by atoms with van der Waals surface area (Å²) in [6.07, 6.45) is 1.10. The fraction of sp³-hybridized carbons (Fsp3) is 0.562. The highest BCUT2D eigenvalue weighted by Crippen LogP contribution is 2.34. The van der Waals surface area contributed by atoms with Crippen molar-refractivity contribution in [2.75, 3.05) is 0 Å². The number of hydrogen-bond donors (Lipinski definition) is 0. The first-order valence-electron chi connectivity index (χ1n) is 6.53. The minimum absolute atomic E-state index is 0.179. The molecule has 98 valence electrons. The molecule has 0 saturated carbocycles. The minimum atomic E-state index is 0.179. The molecule has 1 nitrogen and oxygen atoms in total. The Hall–Kier alpha value is -0.890. The lowest BCUT2D eigenvalue weighted by molar-refractivity contribution is 0.411. The fourth-order valence-electron chi connectivity index (χ4n) is 2.30. The van der Waals surface area contributed by atoms with Crippen LogP contribution in [0.4, 0.5) is 0 Å². The average molecular weight is 261 g/mol. The SMILES string of the molecule is CC(C)(C)Cc1cc(C(C)(C)C)c2scnc2c1. The van der Waals surface area contributed by atoms with Crippen molar-refractivity contribution in [3.63, 3.8) is 0 Å². The molecule has 0 aliphatic carbocycles. The van der Waals surface area contributed by atoms with Crippen molar-refractivity contribution in [3.8, 4) is 0 Å². The number of benzene rings is 1. The molecule has 2 aromatic rings. The molecule has 0 radical (unpaired) electrons. The third-order valence-corrected chi connectivity index (χ3v) is 3.91. The summed E-state index contributed by atoms with van der Waals surface area (Å²) in [6, 6.07) is 4.64. The Morgan fingerprint density at radius 1 is 1.06 bits per heavy atom. The van der Waals surface area contributed by atoms with Crippen LogP contribution in [0.3, 0.4) is 0 Å². The van der Waals surface area contributed by atoms with Crippen molar-refractivity contribution in [1.29, 1.82) is 0 Å². The number of hydrogen-bond acceptors (Lipinski definition) is 2. The Morgan fingerprint density at radius 2 is 1.72 bits per heavy atom. The van der Waals surface area contributed by atoms with Gasteiger partial charge in [-0.15, -0.1) is 11.3 Å². The average Bonchev–Trinajstić information content (AvgIpc) is 2.59. The van der Waals surface area contributed by atoms with E-state index in [1.54, 1.807) is 11.3 Å². The molecular weight excluding hydrogens is 238 g/mol. The minimum Gasteiger partial charge on any atom is -0.245 e.